The molecule has 0 radical (unpaired) electrons. The number of rotatable bonds is 3. The van der Waals surface area contributed by atoms with Crippen LogP contribution >= 0.6 is 11.6 Å². The minimum absolute atomic E-state index is 0.102. The molecule has 0 bridgehead atoms. The lowest BCUT2D eigenvalue weighted by Crippen LogP contribution is -2.32. The third-order valence-electron chi connectivity index (χ3n) is 5.76. The van der Waals surface area contributed by atoms with Gasteiger partial charge < -0.3 is 10.6 Å². The molecular formula is C24H21ClN4O2. The van der Waals surface area contributed by atoms with E-state index in [4.69, 9.17) is 11.6 Å². The van der Waals surface area contributed by atoms with Crippen LogP contribution in [-0.2, 0) is 4.79 Å². The molecule has 7 heteroatoms. The Labute approximate surface area is 184 Å². The van der Waals surface area contributed by atoms with Gasteiger partial charge in [0, 0.05) is 28.4 Å². The second-order valence-electron chi connectivity index (χ2n) is 7.92. The highest BCUT2D eigenvalue weighted by Crippen LogP contribution is 2.42. The first-order valence-corrected chi connectivity index (χ1v) is 10.6. The molecule has 0 fully saturated rings. The van der Waals surface area contributed by atoms with Crippen molar-refractivity contribution in [3.05, 3.63) is 87.7 Å². The largest absolute Gasteiger partial charge is 0.343 e. The van der Waals surface area contributed by atoms with Gasteiger partial charge in [-0.1, -0.05) is 41.4 Å². The molecule has 1 aliphatic heterocycles. The molecule has 0 saturated carbocycles. The Bertz CT molecular complexity index is 1230. The number of allylic oxidation sites excluding steroid dienone is 2. The number of aryl methyl sites for hydroxylation is 1. The van der Waals surface area contributed by atoms with E-state index in [0.29, 0.717) is 34.1 Å². The Kier molecular flexibility index (Phi) is 4.87. The van der Waals surface area contributed by atoms with Gasteiger partial charge in [-0.2, -0.15) is 5.10 Å². The van der Waals surface area contributed by atoms with E-state index >= 15 is 0 Å². The van der Waals surface area contributed by atoms with Gasteiger partial charge >= 0.3 is 0 Å². The summed E-state index contributed by atoms with van der Waals surface area (Å²) in [5.41, 5.74) is 4.69. The lowest BCUT2D eigenvalue weighted by Gasteiger charge is -2.33. The molecule has 2 aromatic carbocycles. The molecule has 2 aliphatic rings. The number of fused-ring (bicyclic) bond motifs is 1. The summed E-state index contributed by atoms with van der Waals surface area (Å²) in [5.74, 6) is 0.433. The fourth-order valence-corrected chi connectivity index (χ4v) is 4.44. The molecule has 31 heavy (non-hydrogen) atoms. The maximum absolute atomic E-state index is 13.0. The average molecular weight is 433 g/mol. The summed E-state index contributed by atoms with van der Waals surface area (Å²) in [6.07, 6.45) is 3.59. The third-order valence-corrected chi connectivity index (χ3v) is 5.99. The summed E-state index contributed by atoms with van der Waals surface area (Å²) >= 11 is 6.25. The van der Waals surface area contributed by atoms with Crippen molar-refractivity contribution < 1.29 is 9.59 Å². The van der Waals surface area contributed by atoms with E-state index in [1.165, 1.54) is 0 Å². The molecule has 0 unspecified atom stereocenters. The predicted molar refractivity (Wildman–Crippen MR) is 120 cm³/mol. The molecule has 1 atom stereocenters. The van der Waals surface area contributed by atoms with Crippen LogP contribution in [0.15, 0.2) is 66.0 Å². The van der Waals surface area contributed by atoms with Gasteiger partial charge in [0.1, 0.15) is 17.4 Å². The topological polar surface area (TPSA) is 76.0 Å². The van der Waals surface area contributed by atoms with Crippen molar-refractivity contribution in [1.29, 1.82) is 0 Å². The highest BCUT2D eigenvalue weighted by Gasteiger charge is 2.37. The van der Waals surface area contributed by atoms with E-state index < -0.39 is 6.04 Å². The van der Waals surface area contributed by atoms with Crippen LogP contribution in [0.1, 0.15) is 46.8 Å². The van der Waals surface area contributed by atoms with Crippen molar-refractivity contribution in [2.75, 3.05) is 10.6 Å². The monoisotopic (exact) mass is 432 g/mol. The van der Waals surface area contributed by atoms with Gasteiger partial charge in [-0.3, -0.25) is 9.59 Å². The van der Waals surface area contributed by atoms with Crippen LogP contribution in [-0.4, -0.2) is 21.5 Å². The Morgan fingerprint density at radius 3 is 2.77 bits per heavy atom. The molecule has 1 amide bonds. The SMILES string of the molecule is Cc1ccc(NC(=O)c2cnn3c2NC2=C(C(=O)CCC2)[C@@H]3c2cccc(Cl)c2)cc1. The molecule has 6 nitrogen and oxygen atoms in total. The highest BCUT2D eigenvalue weighted by atomic mass is 35.5. The second kappa shape index (κ2) is 7.71. The van der Waals surface area contributed by atoms with E-state index in [9.17, 15) is 9.59 Å². The molecule has 1 aliphatic carbocycles. The Morgan fingerprint density at radius 1 is 1.19 bits per heavy atom. The molecule has 0 saturated heterocycles. The van der Waals surface area contributed by atoms with Crippen LogP contribution in [0.4, 0.5) is 11.5 Å². The van der Waals surface area contributed by atoms with E-state index in [1.54, 1.807) is 16.9 Å². The van der Waals surface area contributed by atoms with E-state index in [0.717, 1.165) is 29.7 Å². The van der Waals surface area contributed by atoms with Gasteiger partial charge in [-0.25, -0.2) is 4.68 Å². The van der Waals surface area contributed by atoms with Gasteiger partial charge in [0.05, 0.1) is 6.20 Å². The number of benzene rings is 2. The zero-order valence-corrected chi connectivity index (χ0v) is 17.7. The number of anilines is 2. The summed E-state index contributed by atoms with van der Waals surface area (Å²) in [6.45, 7) is 2.00. The van der Waals surface area contributed by atoms with Crippen LogP contribution in [0.3, 0.4) is 0 Å². The normalized spacial score (nSPS) is 17.6. The van der Waals surface area contributed by atoms with Crippen molar-refractivity contribution in [2.45, 2.75) is 32.2 Å². The highest BCUT2D eigenvalue weighted by molar-refractivity contribution is 6.30. The first-order chi connectivity index (χ1) is 15.0. The number of hydrogen-bond acceptors (Lipinski definition) is 4. The number of halogens is 1. The standard InChI is InChI=1S/C24H21ClN4O2/c1-14-8-10-17(11-9-14)27-24(31)18-13-26-29-22(15-4-2-5-16(25)12-15)21-19(28-23(18)29)6-3-7-20(21)30/h2,4-5,8-13,22,28H,3,6-7H2,1H3,(H,27,31)/t22-/m0/s1. The predicted octanol–water partition coefficient (Wildman–Crippen LogP) is 5.12. The first-order valence-electron chi connectivity index (χ1n) is 10.3. The quantitative estimate of drug-likeness (QED) is 0.602. The van der Waals surface area contributed by atoms with Crippen molar-refractivity contribution in [2.24, 2.45) is 0 Å². The molecule has 3 aromatic rings. The molecule has 2 heterocycles. The lowest BCUT2D eigenvalue weighted by molar-refractivity contribution is -0.116. The van der Waals surface area contributed by atoms with Crippen LogP contribution in [0.25, 0.3) is 0 Å². The molecule has 2 N–H and O–H groups in total. The summed E-state index contributed by atoms with van der Waals surface area (Å²) in [7, 11) is 0. The Hall–Kier alpha value is -3.38. The molecular weight excluding hydrogens is 412 g/mol. The van der Waals surface area contributed by atoms with Gasteiger partial charge in [0.15, 0.2) is 5.78 Å². The average Bonchev–Trinajstić information content (AvgIpc) is 3.18. The van der Waals surface area contributed by atoms with Crippen LogP contribution in [0.5, 0.6) is 0 Å². The minimum atomic E-state index is -0.418. The summed E-state index contributed by atoms with van der Waals surface area (Å²) < 4.78 is 1.72. The Balaban J connectivity index is 1.57. The maximum Gasteiger partial charge on any atom is 0.261 e. The molecule has 0 spiro atoms. The number of nitrogens with zero attached hydrogens (tertiary/aromatic N) is 2. The van der Waals surface area contributed by atoms with Crippen molar-refractivity contribution in [3.63, 3.8) is 0 Å². The van der Waals surface area contributed by atoms with Crippen molar-refractivity contribution in [3.8, 4) is 0 Å². The number of amides is 1. The fourth-order valence-electron chi connectivity index (χ4n) is 4.24. The number of carbonyl (C=O) groups is 2. The summed E-state index contributed by atoms with van der Waals surface area (Å²) in [4.78, 5) is 25.9. The zero-order valence-electron chi connectivity index (χ0n) is 17.0. The van der Waals surface area contributed by atoms with Crippen molar-refractivity contribution >= 4 is 34.8 Å². The molecule has 156 valence electrons. The van der Waals surface area contributed by atoms with Crippen LogP contribution < -0.4 is 10.6 Å². The number of ketones is 1. The second-order valence-corrected chi connectivity index (χ2v) is 8.36. The number of hydrogen-bond donors (Lipinski definition) is 2. The van der Waals surface area contributed by atoms with E-state index in [2.05, 4.69) is 15.7 Å². The smallest absolute Gasteiger partial charge is 0.261 e. The molecule has 5 rings (SSSR count). The first kappa shape index (κ1) is 19.6. The Morgan fingerprint density at radius 2 is 2.00 bits per heavy atom. The summed E-state index contributed by atoms with van der Waals surface area (Å²) in [5, 5.41) is 11.4. The van der Waals surface area contributed by atoms with Gasteiger partial charge in [0.2, 0.25) is 0 Å². The van der Waals surface area contributed by atoms with Crippen LogP contribution in [0, 0.1) is 6.92 Å². The number of nitrogens with one attached hydrogen (secondary N) is 2. The van der Waals surface area contributed by atoms with Gasteiger partial charge in [-0.05, 0) is 49.6 Å². The number of carbonyl (C=O) groups excluding carboxylic acids is 2. The molecule has 1 aromatic heterocycles. The third kappa shape index (κ3) is 3.53. The van der Waals surface area contributed by atoms with E-state index in [-0.39, 0.29) is 11.7 Å². The fraction of sp³-hybridized carbons (Fsp3) is 0.208. The zero-order chi connectivity index (χ0) is 21.5. The maximum atomic E-state index is 13.0. The number of Topliss-reactive ketones (excluding diaryl/α,β-unsaturated/α-hetero) is 1. The van der Waals surface area contributed by atoms with Gasteiger partial charge in [-0.15, -0.1) is 0 Å². The summed E-state index contributed by atoms with van der Waals surface area (Å²) in [6, 6.07) is 14.7. The van der Waals surface area contributed by atoms with Crippen molar-refractivity contribution in [1.82, 2.24) is 9.78 Å². The lowest BCUT2D eigenvalue weighted by atomic mass is 9.85. The minimum Gasteiger partial charge on any atom is -0.343 e. The van der Waals surface area contributed by atoms with Gasteiger partial charge in [0.25, 0.3) is 5.91 Å². The van der Waals surface area contributed by atoms with Crippen LogP contribution in [0.2, 0.25) is 5.02 Å². The van der Waals surface area contributed by atoms with E-state index in [1.807, 2.05) is 49.4 Å². The number of aromatic nitrogens is 2.